The van der Waals surface area contributed by atoms with Crippen molar-refractivity contribution in [1.29, 1.82) is 0 Å². The van der Waals surface area contributed by atoms with Crippen molar-refractivity contribution in [2.75, 3.05) is 11.1 Å². The number of hydrogen-bond acceptors (Lipinski definition) is 3. The SMILES string of the molecule is Cc1cc(N)c2cc(NC(=O)c3ccccc3/C=C\c3ccccc3)ccc2n1. The summed E-state index contributed by atoms with van der Waals surface area (Å²) in [6.07, 6.45) is 3.95. The molecule has 4 aromatic rings. The number of carbonyl (C=O) groups excluding carboxylic acids is 1. The standard InChI is InChI=1S/C25H21N3O/c1-17-15-23(26)22-16-20(13-14-24(22)27-17)28-25(29)21-10-6-5-9-19(21)12-11-18-7-3-2-4-8-18/h2-16H,1H3,(H2,26,27)(H,28,29)/b12-11-. The maximum Gasteiger partial charge on any atom is 0.256 e. The van der Waals surface area contributed by atoms with Gasteiger partial charge in [0.15, 0.2) is 0 Å². The number of carbonyl (C=O) groups is 1. The van der Waals surface area contributed by atoms with Crippen LogP contribution in [0.4, 0.5) is 11.4 Å². The number of hydrogen-bond donors (Lipinski definition) is 2. The van der Waals surface area contributed by atoms with E-state index in [0.29, 0.717) is 16.9 Å². The molecule has 29 heavy (non-hydrogen) atoms. The molecule has 0 radical (unpaired) electrons. The van der Waals surface area contributed by atoms with Gasteiger partial charge in [0.2, 0.25) is 0 Å². The van der Waals surface area contributed by atoms with Gasteiger partial charge in [-0.3, -0.25) is 9.78 Å². The van der Waals surface area contributed by atoms with Crippen LogP contribution in [0.15, 0.2) is 78.9 Å². The van der Waals surface area contributed by atoms with E-state index in [4.69, 9.17) is 5.73 Å². The minimum absolute atomic E-state index is 0.170. The molecule has 3 N–H and O–H groups in total. The number of nitrogen functional groups attached to an aromatic ring is 1. The molecule has 0 saturated heterocycles. The maximum atomic E-state index is 12.9. The predicted octanol–water partition coefficient (Wildman–Crippen LogP) is 5.55. The summed E-state index contributed by atoms with van der Waals surface area (Å²) in [6.45, 7) is 1.91. The van der Waals surface area contributed by atoms with Crippen LogP contribution in [0.25, 0.3) is 23.1 Å². The monoisotopic (exact) mass is 379 g/mol. The van der Waals surface area contributed by atoms with Crippen LogP contribution in [-0.4, -0.2) is 10.9 Å². The highest BCUT2D eigenvalue weighted by atomic mass is 16.1. The molecular weight excluding hydrogens is 358 g/mol. The number of amides is 1. The Labute approximate surface area is 169 Å². The number of benzene rings is 3. The molecule has 3 aromatic carbocycles. The van der Waals surface area contributed by atoms with Gasteiger partial charge in [-0.15, -0.1) is 0 Å². The Kier molecular flexibility index (Phi) is 5.08. The molecule has 1 amide bonds. The normalized spacial score (nSPS) is 11.1. The van der Waals surface area contributed by atoms with Crippen molar-refractivity contribution in [2.45, 2.75) is 6.92 Å². The zero-order chi connectivity index (χ0) is 20.2. The second-order valence-corrected chi connectivity index (χ2v) is 6.87. The highest BCUT2D eigenvalue weighted by Gasteiger charge is 2.11. The van der Waals surface area contributed by atoms with Crippen LogP contribution in [-0.2, 0) is 0 Å². The lowest BCUT2D eigenvalue weighted by molar-refractivity contribution is 0.102. The Morgan fingerprint density at radius 3 is 2.52 bits per heavy atom. The van der Waals surface area contributed by atoms with Crippen molar-refractivity contribution in [1.82, 2.24) is 4.98 Å². The van der Waals surface area contributed by atoms with E-state index >= 15 is 0 Å². The minimum Gasteiger partial charge on any atom is -0.398 e. The summed E-state index contributed by atoms with van der Waals surface area (Å²) < 4.78 is 0. The fraction of sp³-hybridized carbons (Fsp3) is 0.0400. The minimum atomic E-state index is -0.170. The van der Waals surface area contributed by atoms with Gasteiger partial charge in [0, 0.05) is 28.0 Å². The van der Waals surface area contributed by atoms with Crippen LogP contribution in [0.3, 0.4) is 0 Å². The van der Waals surface area contributed by atoms with Crippen LogP contribution in [0.5, 0.6) is 0 Å². The lowest BCUT2D eigenvalue weighted by Crippen LogP contribution is -2.13. The lowest BCUT2D eigenvalue weighted by atomic mass is 10.0. The molecule has 142 valence electrons. The van der Waals surface area contributed by atoms with Crippen LogP contribution in [0.2, 0.25) is 0 Å². The summed E-state index contributed by atoms with van der Waals surface area (Å²) in [6, 6.07) is 24.9. The van der Waals surface area contributed by atoms with Gasteiger partial charge in [0.25, 0.3) is 5.91 Å². The molecular formula is C25H21N3O. The van der Waals surface area contributed by atoms with Crippen LogP contribution in [0.1, 0.15) is 27.2 Å². The number of fused-ring (bicyclic) bond motifs is 1. The van der Waals surface area contributed by atoms with E-state index in [-0.39, 0.29) is 5.91 Å². The quantitative estimate of drug-likeness (QED) is 0.457. The fourth-order valence-corrected chi connectivity index (χ4v) is 3.27. The number of rotatable bonds is 4. The van der Waals surface area contributed by atoms with Gasteiger partial charge < -0.3 is 11.1 Å². The average Bonchev–Trinajstić information content (AvgIpc) is 2.73. The number of nitrogens with zero attached hydrogens (tertiary/aromatic N) is 1. The van der Waals surface area contributed by atoms with Crippen molar-refractivity contribution in [3.63, 3.8) is 0 Å². The number of nitrogens with one attached hydrogen (secondary N) is 1. The summed E-state index contributed by atoms with van der Waals surface area (Å²) in [7, 11) is 0. The number of nitrogens with two attached hydrogens (primary N) is 1. The topological polar surface area (TPSA) is 68.0 Å². The van der Waals surface area contributed by atoms with Crippen molar-refractivity contribution in [2.24, 2.45) is 0 Å². The maximum absolute atomic E-state index is 12.9. The van der Waals surface area contributed by atoms with E-state index in [9.17, 15) is 4.79 Å². The van der Waals surface area contributed by atoms with E-state index < -0.39 is 0 Å². The third kappa shape index (κ3) is 4.17. The first-order valence-electron chi connectivity index (χ1n) is 9.40. The lowest BCUT2D eigenvalue weighted by Gasteiger charge is -2.10. The molecule has 4 nitrogen and oxygen atoms in total. The molecule has 0 aliphatic heterocycles. The largest absolute Gasteiger partial charge is 0.398 e. The molecule has 0 atom stereocenters. The third-order valence-electron chi connectivity index (χ3n) is 4.69. The molecule has 0 fully saturated rings. The number of pyridine rings is 1. The molecule has 4 heteroatoms. The van der Waals surface area contributed by atoms with Gasteiger partial charge >= 0.3 is 0 Å². The molecule has 1 heterocycles. The van der Waals surface area contributed by atoms with Gasteiger partial charge in [-0.25, -0.2) is 0 Å². The second-order valence-electron chi connectivity index (χ2n) is 6.87. The fourth-order valence-electron chi connectivity index (χ4n) is 3.27. The van der Waals surface area contributed by atoms with Crippen molar-refractivity contribution in [3.05, 3.63) is 101 Å². The van der Waals surface area contributed by atoms with Gasteiger partial charge in [0.1, 0.15) is 0 Å². The Hall–Kier alpha value is -3.92. The molecule has 0 aliphatic rings. The van der Waals surface area contributed by atoms with Crippen LogP contribution < -0.4 is 11.1 Å². The van der Waals surface area contributed by atoms with E-state index in [0.717, 1.165) is 27.7 Å². The van der Waals surface area contributed by atoms with Gasteiger partial charge in [-0.05, 0) is 48.4 Å². The summed E-state index contributed by atoms with van der Waals surface area (Å²) in [4.78, 5) is 17.4. The Bertz CT molecular complexity index is 1210. The Morgan fingerprint density at radius 2 is 1.69 bits per heavy atom. The van der Waals surface area contributed by atoms with Gasteiger partial charge in [0.05, 0.1) is 5.52 Å². The molecule has 0 spiro atoms. The summed E-state index contributed by atoms with van der Waals surface area (Å²) in [5.74, 6) is -0.170. The van der Waals surface area contributed by atoms with Crippen LogP contribution >= 0.6 is 0 Å². The zero-order valence-corrected chi connectivity index (χ0v) is 16.1. The van der Waals surface area contributed by atoms with Crippen LogP contribution in [0, 0.1) is 6.92 Å². The summed E-state index contributed by atoms with van der Waals surface area (Å²) >= 11 is 0. The molecule has 0 aliphatic carbocycles. The number of aryl methyl sites for hydroxylation is 1. The van der Waals surface area contributed by atoms with Gasteiger partial charge in [-0.2, -0.15) is 0 Å². The Morgan fingerprint density at radius 1 is 0.931 bits per heavy atom. The van der Waals surface area contributed by atoms with Crippen molar-refractivity contribution < 1.29 is 4.79 Å². The summed E-state index contributed by atoms with van der Waals surface area (Å²) in [5, 5.41) is 3.80. The van der Waals surface area contributed by atoms with Crippen molar-refractivity contribution >= 4 is 40.3 Å². The molecule has 1 aromatic heterocycles. The number of anilines is 2. The molecule has 0 saturated carbocycles. The van der Waals surface area contributed by atoms with E-state index in [1.807, 2.05) is 97.9 Å². The second kappa shape index (κ2) is 7.98. The first-order chi connectivity index (χ1) is 14.1. The first-order valence-corrected chi connectivity index (χ1v) is 9.40. The highest BCUT2D eigenvalue weighted by molar-refractivity contribution is 6.08. The highest BCUT2D eigenvalue weighted by Crippen LogP contribution is 2.25. The Balaban J connectivity index is 1.61. The molecule has 0 bridgehead atoms. The molecule has 4 rings (SSSR count). The zero-order valence-electron chi connectivity index (χ0n) is 16.1. The average molecular weight is 379 g/mol. The number of aromatic nitrogens is 1. The van der Waals surface area contributed by atoms with Gasteiger partial charge in [-0.1, -0.05) is 60.7 Å². The van der Waals surface area contributed by atoms with E-state index in [1.54, 1.807) is 0 Å². The smallest absolute Gasteiger partial charge is 0.256 e. The predicted molar refractivity (Wildman–Crippen MR) is 121 cm³/mol. The molecule has 0 unspecified atom stereocenters. The van der Waals surface area contributed by atoms with E-state index in [1.165, 1.54) is 0 Å². The van der Waals surface area contributed by atoms with Crippen molar-refractivity contribution in [3.8, 4) is 0 Å². The summed E-state index contributed by atoms with van der Waals surface area (Å²) in [5.41, 5.74) is 11.7. The van der Waals surface area contributed by atoms with E-state index in [2.05, 4.69) is 10.3 Å². The third-order valence-corrected chi connectivity index (χ3v) is 4.69. The first kappa shape index (κ1) is 18.4.